The number of carbonyl (C=O) groups excluding carboxylic acids is 2. The van der Waals surface area contributed by atoms with Crippen molar-refractivity contribution in [1.29, 1.82) is 0 Å². The predicted octanol–water partition coefficient (Wildman–Crippen LogP) is 2.84. The quantitative estimate of drug-likeness (QED) is 0.468. The van der Waals surface area contributed by atoms with Crippen LogP contribution in [0.4, 0.5) is 16.2 Å². The van der Waals surface area contributed by atoms with E-state index in [0.29, 0.717) is 29.1 Å². The van der Waals surface area contributed by atoms with Gasteiger partial charge < -0.3 is 19.7 Å². The van der Waals surface area contributed by atoms with Crippen molar-refractivity contribution < 1.29 is 19.4 Å². The number of nitrogens with zero attached hydrogens (tertiary/aromatic N) is 3. The van der Waals surface area contributed by atoms with Gasteiger partial charge in [0.05, 0.1) is 40.4 Å². The number of aliphatic hydroxyl groups is 1. The first kappa shape index (κ1) is 19.9. The molecule has 0 radical (unpaired) electrons. The van der Waals surface area contributed by atoms with E-state index >= 15 is 0 Å². The molecule has 168 valence electrons. The molecule has 0 bridgehead atoms. The number of cyclic esters (lactones) is 1. The summed E-state index contributed by atoms with van der Waals surface area (Å²) in [6, 6.07) is 7.03. The first-order valence-electron chi connectivity index (χ1n) is 11.1. The highest BCUT2D eigenvalue weighted by Gasteiger charge is 2.46. The number of hydrogen-bond donors (Lipinski definition) is 2. The van der Waals surface area contributed by atoms with E-state index in [2.05, 4.69) is 5.32 Å². The van der Waals surface area contributed by atoms with E-state index in [1.807, 2.05) is 25.1 Å². The van der Waals surface area contributed by atoms with E-state index in [4.69, 9.17) is 9.72 Å². The molecule has 0 fully saturated rings. The van der Waals surface area contributed by atoms with Crippen LogP contribution in [0.2, 0.25) is 0 Å². The van der Waals surface area contributed by atoms with Gasteiger partial charge in [-0.2, -0.15) is 0 Å². The molecule has 5 heterocycles. The van der Waals surface area contributed by atoms with Crippen molar-refractivity contribution in [2.24, 2.45) is 0 Å². The van der Waals surface area contributed by atoms with Gasteiger partial charge in [0.25, 0.3) is 5.56 Å². The maximum atomic E-state index is 13.5. The van der Waals surface area contributed by atoms with Crippen LogP contribution in [0.1, 0.15) is 43.4 Å². The summed E-state index contributed by atoms with van der Waals surface area (Å²) >= 11 is 0. The van der Waals surface area contributed by atoms with Gasteiger partial charge in [0.1, 0.15) is 6.61 Å². The fraction of sp³-hybridized carbons (Fsp3) is 0.333. The summed E-state index contributed by atoms with van der Waals surface area (Å²) in [5.41, 5.74) is 2.40. The highest BCUT2D eigenvalue weighted by Crippen LogP contribution is 2.46. The zero-order valence-corrected chi connectivity index (χ0v) is 18.3. The topological polar surface area (TPSA) is 114 Å². The van der Waals surface area contributed by atoms with E-state index in [-0.39, 0.29) is 42.3 Å². The molecule has 3 aliphatic heterocycles. The molecule has 2 amide bonds. The monoisotopic (exact) mass is 446 g/mol. The Hall–Kier alpha value is -3.72. The van der Waals surface area contributed by atoms with Crippen molar-refractivity contribution in [1.82, 2.24) is 9.55 Å². The Kier molecular flexibility index (Phi) is 4.01. The first-order chi connectivity index (χ1) is 15.9. The van der Waals surface area contributed by atoms with Gasteiger partial charge >= 0.3 is 12.0 Å². The van der Waals surface area contributed by atoms with Crippen LogP contribution in [-0.4, -0.2) is 33.2 Å². The SMILES string of the molecule is CCCN1C(=O)Nc2cccc3nc4c(c1c23)Cn1c-4cc2c(c1=O)COC(=O)[C@]2(O)CC. The largest absolute Gasteiger partial charge is 0.458 e. The minimum Gasteiger partial charge on any atom is -0.458 e. The number of carbonyl (C=O) groups is 2. The van der Waals surface area contributed by atoms with E-state index in [9.17, 15) is 19.5 Å². The van der Waals surface area contributed by atoms with Crippen molar-refractivity contribution in [2.75, 3.05) is 16.8 Å². The lowest BCUT2D eigenvalue weighted by atomic mass is 9.86. The van der Waals surface area contributed by atoms with Crippen LogP contribution in [0.25, 0.3) is 22.3 Å². The molecule has 9 heteroatoms. The third kappa shape index (κ3) is 2.45. The molecule has 33 heavy (non-hydrogen) atoms. The minimum absolute atomic E-state index is 0.0821. The Morgan fingerprint density at radius 1 is 1.21 bits per heavy atom. The molecule has 0 unspecified atom stereocenters. The summed E-state index contributed by atoms with van der Waals surface area (Å²) < 4.78 is 6.74. The second-order valence-electron chi connectivity index (χ2n) is 8.67. The summed E-state index contributed by atoms with van der Waals surface area (Å²) in [6.45, 7) is 4.26. The van der Waals surface area contributed by atoms with Crippen LogP contribution < -0.4 is 15.8 Å². The molecule has 1 atom stereocenters. The molecule has 1 aromatic carbocycles. The van der Waals surface area contributed by atoms with Crippen LogP contribution in [-0.2, 0) is 28.3 Å². The Balaban J connectivity index is 1.68. The number of pyridine rings is 2. The smallest absolute Gasteiger partial charge is 0.343 e. The van der Waals surface area contributed by atoms with Crippen molar-refractivity contribution in [3.05, 3.63) is 51.3 Å². The lowest BCUT2D eigenvalue weighted by molar-refractivity contribution is -0.172. The van der Waals surface area contributed by atoms with Gasteiger partial charge in [-0.1, -0.05) is 19.9 Å². The highest BCUT2D eigenvalue weighted by molar-refractivity contribution is 6.19. The first-order valence-corrected chi connectivity index (χ1v) is 11.1. The second kappa shape index (κ2) is 6.64. The van der Waals surface area contributed by atoms with Gasteiger partial charge in [-0.25, -0.2) is 14.6 Å². The zero-order valence-electron chi connectivity index (χ0n) is 18.3. The van der Waals surface area contributed by atoms with Crippen molar-refractivity contribution in [3.63, 3.8) is 0 Å². The van der Waals surface area contributed by atoms with Crippen molar-refractivity contribution >= 4 is 34.3 Å². The number of anilines is 2. The fourth-order valence-corrected chi connectivity index (χ4v) is 5.23. The number of fused-ring (bicyclic) bond motifs is 5. The number of benzene rings is 1. The maximum Gasteiger partial charge on any atom is 0.343 e. The number of nitrogens with one attached hydrogen (secondary N) is 1. The lowest BCUT2D eigenvalue weighted by Gasteiger charge is -2.31. The summed E-state index contributed by atoms with van der Waals surface area (Å²) in [7, 11) is 0. The number of hydrogen-bond acceptors (Lipinski definition) is 6. The van der Waals surface area contributed by atoms with Gasteiger partial charge in [-0.15, -0.1) is 0 Å². The third-order valence-corrected chi connectivity index (χ3v) is 6.89. The van der Waals surface area contributed by atoms with E-state index in [1.54, 1.807) is 22.5 Å². The molecule has 3 aliphatic rings. The normalized spacial score (nSPS) is 20.3. The van der Waals surface area contributed by atoms with Gasteiger partial charge in [0.2, 0.25) is 0 Å². The number of rotatable bonds is 3. The van der Waals surface area contributed by atoms with Gasteiger partial charge in [0, 0.05) is 23.1 Å². The number of urea groups is 1. The van der Waals surface area contributed by atoms with Crippen LogP contribution in [0.15, 0.2) is 29.1 Å². The van der Waals surface area contributed by atoms with Crippen LogP contribution in [0.3, 0.4) is 0 Å². The summed E-state index contributed by atoms with van der Waals surface area (Å²) in [6.07, 6.45) is 0.844. The number of aromatic nitrogens is 2. The number of amides is 2. The average Bonchev–Trinajstić information content (AvgIpc) is 3.18. The van der Waals surface area contributed by atoms with Crippen molar-refractivity contribution in [2.45, 2.75) is 45.4 Å². The molecular formula is C24H22N4O5. The van der Waals surface area contributed by atoms with Gasteiger partial charge in [-0.3, -0.25) is 9.69 Å². The Morgan fingerprint density at radius 2 is 2.03 bits per heavy atom. The van der Waals surface area contributed by atoms with E-state index < -0.39 is 11.6 Å². The van der Waals surface area contributed by atoms with Gasteiger partial charge in [-0.05, 0) is 31.0 Å². The lowest BCUT2D eigenvalue weighted by Crippen LogP contribution is -2.44. The van der Waals surface area contributed by atoms with Crippen LogP contribution in [0.5, 0.6) is 0 Å². The molecule has 2 aromatic heterocycles. The fourth-order valence-electron chi connectivity index (χ4n) is 5.23. The summed E-state index contributed by atoms with van der Waals surface area (Å²) in [4.78, 5) is 45.4. The molecule has 0 saturated heterocycles. The molecule has 6 rings (SSSR count). The number of esters is 1. The minimum atomic E-state index is -1.88. The molecule has 0 aliphatic carbocycles. The van der Waals surface area contributed by atoms with Crippen molar-refractivity contribution in [3.8, 4) is 11.4 Å². The maximum absolute atomic E-state index is 13.5. The molecule has 0 saturated carbocycles. The Bertz CT molecular complexity index is 1460. The molecule has 2 N–H and O–H groups in total. The molecule has 0 spiro atoms. The highest BCUT2D eigenvalue weighted by atomic mass is 16.6. The Morgan fingerprint density at radius 3 is 2.79 bits per heavy atom. The summed E-state index contributed by atoms with van der Waals surface area (Å²) in [5.74, 6) is -0.753. The number of ether oxygens (including phenoxy) is 1. The average molecular weight is 446 g/mol. The molecule has 9 nitrogen and oxygen atoms in total. The van der Waals surface area contributed by atoms with E-state index in [0.717, 1.165) is 23.1 Å². The second-order valence-corrected chi connectivity index (χ2v) is 8.67. The van der Waals surface area contributed by atoms with Gasteiger partial charge in [0.15, 0.2) is 5.60 Å². The Labute approximate surface area is 188 Å². The zero-order chi connectivity index (χ0) is 23.1. The van der Waals surface area contributed by atoms with Crippen LogP contribution in [0, 0.1) is 0 Å². The third-order valence-electron chi connectivity index (χ3n) is 6.89. The van der Waals surface area contributed by atoms with E-state index in [1.165, 1.54) is 0 Å². The summed E-state index contributed by atoms with van der Waals surface area (Å²) in [5, 5.41) is 14.9. The van der Waals surface area contributed by atoms with Crippen LogP contribution >= 0.6 is 0 Å². The molecule has 3 aromatic rings. The molecular weight excluding hydrogens is 424 g/mol. The standard InChI is InChI=1S/C24H22N4O5/c1-3-8-27-20-12-10-28-17(9-14-13(21(28)29)11-33-22(30)24(14,32)4-2)19(12)25-15-6-5-7-16(18(15)20)26-23(27)31/h5-7,9,32H,3-4,8,10-11H2,1-2H3,(H,26,31)/t24-/m0/s1. The predicted molar refractivity (Wildman–Crippen MR) is 121 cm³/mol.